The molecular formula is C12H14O4. The van der Waals surface area contributed by atoms with E-state index in [1.54, 1.807) is 20.8 Å². The molecular weight excluding hydrogens is 208 g/mol. The lowest BCUT2D eigenvalue weighted by molar-refractivity contribution is -0.142. The van der Waals surface area contributed by atoms with Crippen LogP contribution >= 0.6 is 0 Å². The highest BCUT2D eigenvalue weighted by Gasteiger charge is 2.23. The number of esters is 1. The molecule has 0 spiro atoms. The van der Waals surface area contributed by atoms with Crippen LogP contribution in [0, 0.1) is 5.41 Å². The molecule has 0 heterocycles. The third-order valence-corrected chi connectivity index (χ3v) is 1.95. The van der Waals surface area contributed by atoms with Crippen molar-refractivity contribution in [3.8, 4) is 11.5 Å². The van der Waals surface area contributed by atoms with Crippen LogP contribution in [0.2, 0.25) is 0 Å². The molecule has 16 heavy (non-hydrogen) atoms. The van der Waals surface area contributed by atoms with E-state index in [0.29, 0.717) is 6.29 Å². The summed E-state index contributed by atoms with van der Waals surface area (Å²) in [4.78, 5) is 22.0. The van der Waals surface area contributed by atoms with Crippen molar-refractivity contribution in [3.63, 3.8) is 0 Å². The van der Waals surface area contributed by atoms with Crippen LogP contribution in [-0.4, -0.2) is 17.4 Å². The molecule has 1 aromatic rings. The highest BCUT2D eigenvalue weighted by Crippen LogP contribution is 2.24. The molecule has 4 nitrogen and oxygen atoms in total. The third-order valence-electron chi connectivity index (χ3n) is 1.95. The summed E-state index contributed by atoms with van der Waals surface area (Å²) in [7, 11) is 0. The zero-order chi connectivity index (χ0) is 12.3. The molecule has 0 unspecified atom stereocenters. The summed E-state index contributed by atoms with van der Waals surface area (Å²) in [5.41, 5.74) is -0.450. The molecule has 0 amide bonds. The van der Waals surface area contributed by atoms with Gasteiger partial charge in [0.1, 0.15) is 11.5 Å². The lowest BCUT2D eigenvalue weighted by Crippen LogP contribution is -2.25. The Labute approximate surface area is 93.9 Å². The number of hydrogen-bond donors (Lipinski definition) is 1. The van der Waals surface area contributed by atoms with E-state index in [1.807, 2.05) is 0 Å². The minimum atomic E-state index is -0.612. The number of rotatable bonds is 2. The molecule has 4 heteroatoms. The summed E-state index contributed by atoms with van der Waals surface area (Å²) >= 11 is 0. The van der Waals surface area contributed by atoms with Gasteiger partial charge in [0, 0.05) is 6.07 Å². The molecule has 1 aromatic carbocycles. The van der Waals surface area contributed by atoms with Crippen LogP contribution in [0.5, 0.6) is 11.5 Å². The van der Waals surface area contributed by atoms with Crippen molar-refractivity contribution in [1.29, 1.82) is 0 Å². The van der Waals surface area contributed by atoms with Gasteiger partial charge in [-0.05, 0) is 32.9 Å². The average molecular weight is 222 g/mol. The first-order valence-corrected chi connectivity index (χ1v) is 4.85. The van der Waals surface area contributed by atoms with E-state index < -0.39 is 11.4 Å². The number of aromatic hydroxyl groups is 1. The lowest BCUT2D eigenvalue weighted by atomic mass is 9.97. The Bertz CT molecular complexity index is 416. The van der Waals surface area contributed by atoms with Gasteiger partial charge in [0.25, 0.3) is 0 Å². The van der Waals surface area contributed by atoms with Crippen LogP contribution in [0.15, 0.2) is 18.2 Å². The molecule has 0 radical (unpaired) electrons. The maximum atomic E-state index is 11.5. The van der Waals surface area contributed by atoms with Crippen LogP contribution in [-0.2, 0) is 4.79 Å². The first-order chi connectivity index (χ1) is 7.34. The third kappa shape index (κ3) is 2.82. The van der Waals surface area contributed by atoms with E-state index in [2.05, 4.69) is 0 Å². The van der Waals surface area contributed by atoms with Gasteiger partial charge in [0.05, 0.1) is 11.0 Å². The second kappa shape index (κ2) is 4.35. The predicted octanol–water partition coefficient (Wildman–Crippen LogP) is 2.16. The van der Waals surface area contributed by atoms with E-state index in [1.165, 1.54) is 18.2 Å². The molecule has 0 fully saturated rings. The zero-order valence-electron chi connectivity index (χ0n) is 9.48. The number of carbonyl (C=O) groups excluding carboxylic acids is 2. The van der Waals surface area contributed by atoms with Crippen molar-refractivity contribution in [2.75, 3.05) is 0 Å². The zero-order valence-corrected chi connectivity index (χ0v) is 9.48. The van der Waals surface area contributed by atoms with E-state index in [0.717, 1.165) is 0 Å². The van der Waals surface area contributed by atoms with E-state index in [9.17, 15) is 14.7 Å². The van der Waals surface area contributed by atoms with Crippen LogP contribution < -0.4 is 4.74 Å². The molecule has 1 N–H and O–H groups in total. The lowest BCUT2D eigenvalue weighted by Gasteiger charge is -2.16. The smallest absolute Gasteiger partial charge is 0.316 e. The minimum Gasteiger partial charge on any atom is -0.507 e. The number of carbonyl (C=O) groups is 2. The predicted molar refractivity (Wildman–Crippen MR) is 58.6 cm³/mol. The number of benzene rings is 1. The maximum absolute atomic E-state index is 11.5. The topological polar surface area (TPSA) is 63.6 Å². The van der Waals surface area contributed by atoms with Crippen LogP contribution in [0.25, 0.3) is 0 Å². The molecule has 0 aliphatic carbocycles. The van der Waals surface area contributed by atoms with Gasteiger partial charge in [0.15, 0.2) is 6.29 Å². The van der Waals surface area contributed by atoms with Gasteiger partial charge in [0.2, 0.25) is 0 Å². The fraction of sp³-hybridized carbons (Fsp3) is 0.333. The van der Waals surface area contributed by atoms with Gasteiger partial charge < -0.3 is 9.84 Å². The van der Waals surface area contributed by atoms with E-state index >= 15 is 0 Å². The Kier molecular flexibility index (Phi) is 3.32. The largest absolute Gasteiger partial charge is 0.507 e. The highest BCUT2D eigenvalue weighted by atomic mass is 16.5. The molecule has 0 saturated heterocycles. The first-order valence-electron chi connectivity index (χ1n) is 4.85. The Morgan fingerprint density at radius 1 is 1.38 bits per heavy atom. The number of aldehydes is 1. The van der Waals surface area contributed by atoms with Crippen LogP contribution in [0.3, 0.4) is 0 Å². The van der Waals surface area contributed by atoms with E-state index in [4.69, 9.17) is 4.74 Å². The van der Waals surface area contributed by atoms with Crippen molar-refractivity contribution < 1.29 is 19.4 Å². The minimum absolute atomic E-state index is 0.163. The fourth-order valence-corrected chi connectivity index (χ4v) is 0.947. The first kappa shape index (κ1) is 12.2. The van der Waals surface area contributed by atoms with Crippen molar-refractivity contribution in [2.24, 2.45) is 5.41 Å². The summed E-state index contributed by atoms with van der Waals surface area (Å²) in [5, 5.41) is 9.38. The molecule has 0 saturated carbocycles. The summed E-state index contributed by atoms with van der Waals surface area (Å²) in [5.74, 6) is -0.372. The van der Waals surface area contributed by atoms with Crippen molar-refractivity contribution in [3.05, 3.63) is 23.8 Å². The molecule has 0 bridgehead atoms. The number of ether oxygens (including phenoxy) is 1. The van der Waals surface area contributed by atoms with Crippen LogP contribution in [0.4, 0.5) is 0 Å². The summed E-state index contributed by atoms with van der Waals surface area (Å²) in [6.45, 7) is 5.19. The van der Waals surface area contributed by atoms with Crippen molar-refractivity contribution in [2.45, 2.75) is 20.8 Å². The monoisotopic (exact) mass is 222 g/mol. The van der Waals surface area contributed by atoms with E-state index in [-0.39, 0.29) is 17.1 Å². The molecule has 0 aliphatic rings. The quantitative estimate of drug-likeness (QED) is 0.473. The molecule has 1 rings (SSSR count). The van der Waals surface area contributed by atoms with Crippen molar-refractivity contribution in [1.82, 2.24) is 0 Å². The number of hydrogen-bond acceptors (Lipinski definition) is 4. The van der Waals surface area contributed by atoms with Gasteiger partial charge in [-0.2, -0.15) is 0 Å². The fourth-order valence-electron chi connectivity index (χ4n) is 0.947. The normalized spacial score (nSPS) is 10.9. The van der Waals surface area contributed by atoms with Gasteiger partial charge >= 0.3 is 5.97 Å². The Balaban J connectivity index is 2.88. The van der Waals surface area contributed by atoms with Crippen LogP contribution in [0.1, 0.15) is 31.1 Å². The Hall–Kier alpha value is -1.84. The maximum Gasteiger partial charge on any atom is 0.316 e. The SMILES string of the molecule is CC(C)(C)C(=O)Oc1ccc(C=O)c(O)c1. The van der Waals surface area contributed by atoms with Crippen molar-refractivity contribution >= 4 is 12.3 Å². The van der Waals surface area contributed by atoms with Gasteiger partial charge in [-0.15, -0.1) is 0 Å². The average Bonchev–Trinajstić information content (AvgIpc) is 2.16. The summed E-state index contributed by atoms with van der Waals surface area (Å²) in [6, 6.07) is 4.11. The Morgan fingerprint density at radius 3 is 2.44 bits per heavy atom. The molecule has 0 aliphatic heterocycles. The second-order valence-corrected chi connectivity index (χ2v) is 4.48. The standard InChI is InChI=1S/C12H14O4/c1-12(2,3)11(15)16-9-5-4-8(7-13)10(14)6-9/h4-7,14H,1-3H3. The highest BCUT2D eigenvalue weighted by molar-refractivity contribution is 5.81. The molecule has 86 valence electrons. The Morgan fingerprint density at radius 2 is 2.00 bits per heavy atom. The van der Waals surface area contributed by atoms with Gasteiger partial charge in [-0.25, -0.2) is 0 Å². The summed E-state index contributed by atoms with van der Waals surface area (Å²) < 4.78 is 5.04. The molecule has 0 atom stereocenters. The van der Waals surface area contributed by atoms with Gasteiger partial charge in [-0.1, -0.05) is 0 Å². The number of phenolic OH excluding ortho intramolecular Hbond substituents is 1. The number of phenols is 1. The summed E-state index contributed by atoms with van der Waals surface area (Å²) in [6.07, 6.45) is 0.532. The molecule has 0 aromatic heterocycles. The second-order valence-electron chi connectivity index (χ2n) is 4.48. The van der Waals surface area contributed by atoms with Gasteiger partial charge in [-0.3, -0.25) is 9.59 Å².